The Morgan fingerprint density at radius 3 is 2.82 bits per heavy atom. The Morgan fingerprint density at radius 2 is 2.18 bits per heavy atom. The number of carbonyl (C=O) groups excluding carboxylic acids is 1. The van der Waals surface area contributed by atoms with Crippen molar-refractivity contribution in [3.8, 4) is 0 Å². The van der Waals surface area contributed by atoms with E-state index in [0.29, 0.717) is 5.56 Å². The van der Waals surface area contributed by atoms with Gasteiger partial charge < -0.3 is 5.32 Å². The maximum absolute atomic E-state index is 12.1. The lowest BCUT2D eigenvalue weighted by atomic mass is 10.0. The second kappa shape index (κ2) is 6.70. The van der Waals surface area contributed by atoms with Crippen LogP contribution in [-0.4, -0.2) is 44.7 Å². The van der Waals surface area contributed by atoms with Gasteiger partial charge in [0.2, 0.25) is 0 Å². The molecule has 1 fully saturated rings. The van der Waals surface area contributed by atoms with E-state index in [0.717, 1.165) is 32.5 Å². The fourth-order valence-corrected chi connectivity index (χ4v) is 2.79. The maximum Gasteiger partial charge on any atom is 0.254 e. The van der Waals surface area contributed by atoms with E-state index in [9.17, 15) is 4.79 Å². The van der Waals surface area contributed by atoms with Gasteiger partial charge in [-0.1, -0.05) is 6.07 Å². The van der Waals surface area contributed by atoms with E-state index in [1.807, 2.05) is 19.3 Å². The number of piperidine rings is 1. The van der Waals surface area contributed by atoms with Crippen molar-refractivity contribution in [1.29, 1.82) is 0 Å². The fraction of sp³-hybridized carbons (Fsp3) is 0.438. The van der Waals surface area contributed by atoms with Gasteiger partial charge in [0.05, 0.1) is 11.8 Å². The third-order valence-corrected chi connectivity index (χ3v) is 4.02. The number of nitrogens with one attached hydrogen (secondary N) is 1. The van der Waals surface area contributed by atoms with E-state index < -0.39 is 0 Å². The number of aromatic nitrogens is 3. The van der Waals surface area contributed by atoms with E-state index in [4.69, 9.17) is 0 Å². The first kappa shape index (κ1) is 14.7. The highest BCUT2D eigenvalue weighted by Crippen LogP contribution is 2.14. The average molecular weight is 299 g/mol. The monoisotopic (exact) mass is 299 g/mol. The highest BCUT2D eigenvalue weighted by molar-refractivity contribution is 5.93. The van der Waals surface area contributed by atoms with Crippen molar-refractivity contribution in [2.75, 3.05) is 13.1 Å². The molecule has 0 aliphatic carbocycles. The van der Waals surface area contributed by atoms with Gasteiger partial charge in [-0.15, -0.1) is 0 Å². The number of nitrogens with zero attached hydrogens (tertiary/aromatic N) is 4. The van der Waals surface area contributed by atoms with Crippen LogP contribution in [0.1, 0.15) is 28.8 Å². The summed E-state index contributed by atoms with van der Waals surface area (Å²) >= 11 is 0. The number of rotatable bonds is 4. The van der Waals surface area contributed by atoms with Crippen LogP contribution in [0.3, 0.4) is 0 Å². The molecule has 0 radical (unpaired) electrons. The van der Waals surface area contributed by atoms with E-state index in [-0.39, 0.29) is 11.9 Å². The molecule has 22 heavy (non-hydrogen) atoms. The molecule has 0 saturated carbocycles. The molecular weight excluding hydrogens is 278 g/mol. The lowest BCUT2D eigenvalue weighted by molar-refractivity contribution is 0.0909. The van der Waals surface area contributed by atoms with Crippen LogP contribution in [0.25, 0.3) is 0 Å². The molecule has 116 valence electrons. The zero-order valence-corrected chi connectivity index (χ0v) is 12.8. The normalized spacial score (nSPS) is 16.6. The van der Waals surface area contributed by atoms with E-state index in [1.54, 1.807) is 23.3 Å². The van der Waals surface area contributed by atoms with Gasteiger partial charge in [-0.25, -0.2) is 0 Å². The number of pyridine rings is 1. The Labute approximate surface area is 130 Å². The van der Waals surface area contributed by atoms with Crippen LogP contribution >= 0.6 is 0 Å². The molecule has 0 bridgehead atoms. The molecule has 3 rings (SSSR count). The summed E-state index contributed by atoms with van der Waals surface area (Å²) in [6.45, 7) is 2.91. The summed E-state index contributed by atoms with van der Waals surface area (Å²) in [5.74, 6) is -0.0289. The molecule has 0 unspecified atom stereocenters. The van der Waals surface area contributed by atoms with Gasteiger partial charge in [-0.2, -0.15) is 5.10 Å². The van der Waals surface area contributed by atoms with Crippen LogP contribution in [0, 0.1) is 0 Å². The van der Waals surface area contributed by atoms with Crippen molar-refractivity contribution in [3.05, 3.63) is 48.0 Å². The van der Waals surface area contributed by atoms with E-state index in [2.05, 4.69) is 26.4 Å². The predicted octanol–water partition coefficient (Wildman–Crippen LogP) is 1.21. The first-order valence-electron chi connectivity index (χ1n) is 7.61. The molecule has 2 aromatic rings. The molecular formula is C16H21N5O. The van der Waals surface area contributed by atoms with Crippen LogP contribution in [0.15, 0.2) is 36.9 Å². The standard InChI is InChI=1S/C16H21N5O/c1-20-12-14(10-18-20)16(22)19-15-4-7-21(8-5-15)11-13-3-2-6-17-9-13/h2-3,6,9-10,12,15H,4-5,7-8,11H2,1H3,(H,19,22). The lowest BCUT2D eigenvalue weighted by Gasteiger charge is -2.32. The van der Waals surface area contributed by atoms with Crippen molar-refractivity contribution in [1.82, 2.24) is 25.0 Å². The molecule has 1 amide bonds. The minimum atomic E-state index is -0.0289. The topological polar surface area (TPSA) is 63.1 Å². The summed E-state index contributed by atoms with van der Waals surface area (Å²) in [5.41, 5.74) is 1.86. The number of carbonyl (C=O) groups is 1. The molecule has 6 heteroatoms. The molecule has 0 spiro atoms. The quantitative estimate of drug-likeness (QED) is 0.922. The van der Waals surface area contributed by atoms with Gasteiger partial charge in [0.25, 0.3) is 5.91 Å². The van der Waals surface area contributed by atoms with Crippen LogP contribution in [0.2, 0.25) is 0 Å². The SMILES string of the molecule is Cn1cc(C(=O)NC2CCN(Cc3cccnc3)CC2)cn1. The number of hydrogen-bond acceptors (Lipinski definition) is 4. The summed E-state index contributed by atoms with van der Waals surface area (Å²) < 4.78 is 1.64. The first-order valence-corrected chi connectivity index (χ1v) is 7.61. The summed E-state index contributed by atoms with van der Waals surface area (Å²) in [6.07, 6.45) is 9.01. The van der Waals surface area contributed by atoms with Gasteiger partial charge >= 0.3 is 0 Å². The van der Waals surface area contributed by atoms with Crippen LogP contribution in [-0.2, 0) is 13.6 Å². The Balaban J connectivity index is 1.46. The van der Waals surface area contributed by atoms with Gasteiger partial charge in [0.15, 0.2) is 0 Å². The fourth-order valence-electron chi connectivity index (χ4n) is 2.79. The first-order chi connectivity index (χ1) is 10.7. The largest absolute Gasteiger partial charge is 0.349 e. The Morgan fingerprint density at radius 1 is 1.36 bits per heavy atom. The maximum atomic E-state index is 12.1. The van der Waals surface area contributed by atoms with E-state index in [1.165, 1.54) is 5.56 Å². The summed E-state index contributed by atoms with van der Waals surface area (Å²) in [7, 11) is 1.81. The molecule has 1 aliphatic rings. The molecule has 6 nitrogen and oxygen atoms in total. The van der Waals surface area contributed by atoms with Gasteiger partial charge in [-0.05, 0) is 24.5 Å². The van der Waals surface area contributed by atoms with Gasteiger partial charge in [-0.3, -0.25) is 19.4 Å². The highest BCUT2D eigenvalue weighted by Gasteiger charge is 2.21. The molecule has 0 aromatic carbocycles. The second-order valence-electron chi connectivity index (χ2n) is 5.79. The summed E-state index contributed by atoms with van der Waals surface area (Å²) in [6, 6.07) is 4.32. The summed E-state index contributed by atoms with van der Waals surface area (Å²) in [5, 5.41) is 7.13. The highest BCUT2D eigenvalue weighted by atomic mass is 16.1. The minimum absolute atomic E-state index is 0.0289. The predicted molar refractivity (Wildman–Crippen MR) is 83.2 cm³/mol. The van der Waals surface area contributed by atoms with Crippen molar-refractivity contribution in [3.63, 3.8) is 0 Å². The van der Waals surface area contributed by atoms with Crippen molar-refractivity contribution < 1.29 is 4.79 Å². The number of aryl methyl sites for hydroxylation is 1. The lowest BCUT2D eigenvalue weighted by Crippen LogP contribution is -2.44. The Bertz CT molecular complexity index is 616. The average Bonchev–Trinajstić information content (AvgIpc) is 2.97. The number of likely N-dealkylation sites (tertiary alicyclic amines) is 1. The van der Waals surface area contributed by atoms with Crippen LogP contribution in [0.4, 0.5) is 0 Å². The Kier molecular flexibility index (Phi) is 4.48. The number of hydrogen-bond donors (Lipinski definition) is 1. The van der Waals surface area contributed by atoms with Crippen LogP contribution < -0.4 is 5.32 Å². The molecule has 1 N–H and O–H groups in total. The number of amides is 1. The molecule has 2 aromatic heterocycles. The van der Waals surface area contributed by atoms with Crippen molar-refractivity contribution in [2.45, 2.75) is 25.4 Å². The summed E-state index contributed by atoms with van der Waals surface area (Å²) in [4.78, 5) is 18.7. The third kappa shape index (κ3) is 3.71. The van der Waals surface area contributed by atoms with Crippen molar-refractivity contribution in [2.24, 2.45) is 7.05 Å². The second-order valence-corrected chi connectivity index (χ2v) is 5.79. The molecule has 1 aliphatic heterocycles. The smallest absolute Gasteiger partial charge is 0.254 e. The molecule has 1 saturated heterocycles. The van der Waals surface area contributed by atoms with Gasteiger partial charge in [0, 0.05) is 51.3 Å². The minimum Gasteiger partial charge on any atom is -0.349 e. The third-order valence-electron chi connectivity index (χ3n) is 4.02. The van der Waals surface area contributed by atoms with Crippen LogP contribution in [0.5, 0.6) is 0 Å². The zero-order chi connectivity index (χ0) is 15.4. The molecule has 0 atom stereocenters. The van der Waals surface area contributed by atoms with E-state index >= 15 is 0 Å². The van der Waals surface area contributed by atoms with Gasteiger partial charge in [0.1, 0.15) is 0 Å². The molecule has 3 heterocycles. The Hall–Kier alpha value is -2.21. The zero-order valence-electron chi connectivity index (χ0n) is 12.8. The van der Waals surface area contributed by atoms with Crippen molar-refractivity contribution >= 4 is 5.91 Å².